The fourth-order valence-electron chi connectivity index (χ4n) is 2.27. The number of ether oxygens (including phenoxy) is 1. The number of thioether (sulfide) groups is 1. The number of hydrogen-bond acceptors (Lipinski definition) is 3. The summed E-state index contributed by atoms with van der Waals surface area (Å²) in [6.45, 7) is 0. The molecule has 1 unspecified atom stereocenters. The van der Waals surface area contributed by atoms with Crippen molar-refractivity contribution in [3.05, 3.63) is 51.4 Å². The number of esters is 1. The van der Waals surface area contributed by atoms with Crippen molar-refractivity contribution < 1.29 is 9.53 Å². The zero-order chi connectivity index (χ0) is 12.0. The summed E-state index contributed by atoms with van der Waals surface area (Å²) in [5, 5.41) is 2.87. The summed E-state index contributed by atoms with van der Waals surface area (Å²) < 4.78 is 4.86. The first-order valence-electron chi connectivity index (χ1n) is 5.16. The molecule has 1 aromatic carbocycles. The Bertz CT molecular complexity index is 575. The monoisotopic (exact) mass is 264 g/mol. The van der Waals surface area contributed by atoms with Crippen LogP contribution in [0.15, 0.2) is 35.3 Å². The van der Waals surface area contributed by atoms with Crippen molar-refractivity contribution in [2.75, 3.05) is 7.11 Å². The van der Waals surface area contributed by atoms with Gasteiger partial charge in [-0.25, -0.2) is 4.79 Å². The lowest BCUT2D eigenvalue weighted by atomic mass is 10.1. The van der Waals surface area contributed by atoms with E-state index in [0.717, 1.165) is 16.7 Å². The Balaban J connectivity index is 2.24. The van der Waals surface area contributed by atoms with E-state index in [4.69, 9.17) is 16.3 Å². The van der Waals surface area contributed by atoms with E-state index in [-0.39, 0.29) is 11.2 Å². The van der Waals surface area contributed by atoms with E-state index in [0.29, 0.717) is 10.6 Å². The Kier molecular flexibility index (Phi) is 2.53. The maximum absolute atomic E-state index is 11.9. The van der Waals surface area contributed by atoms with Crippen molar-refractivity contribution in [2.45, 2.75) is 5.25 Å². The van der Waals surface area contributed by atoms with Gasteiger partial charge in [0.2, 0.25) is 0 Å². The highest BCUT2D eigenvalue weighted by Gasteiger charge is 2.36. The number of carbonyl (C=O) groups excluding carboxylic acids is 1. The normalized spacial score (nSPS) is 20.5. The molecule has 0 fully saturated rings. The lowest BCUT2D eigenvalue weighted by Crippen LogP contribution is -2.03. The second-order valence-electron chi connectivity index (χ2n) is 3.87. The van der Waals surface area contributed by atoms with Gasteiger partial charge in [-0.15, -0.1) is 11.8 Å². The lowest BCUT2D eigenvalue weighted by molar-refractivity contribution is -0.133. The molecule has 0 bridgehead atoms. The molecule has 0 saturated heterocycles. The highest BCUT2D eigenvalue weighted by atomic mass is 35.5. The molecular weight excluding hydrogens is 256 g/mol. The maximum atomic E-state index is 11.9. The van der Waals surface area contributed by atoms with E-state index < -0.39 is 0 Å². The molecule has 4 heteroatoms. The molecule has 1 atom stereocenters. The van der Waals surface area contributed by atoms with Gasteiger partial charge >= 0.3 is 5.97 Å². The van der Waals surface area contributed by atoms with Crippen LogP contribution >= 0.6 is 23.4 Å². The van der Waals surface area contributed by atoms with Gasteiger partial charge in [0, 0.05) is 5.02 Å². The topological polar surface area (TPSA) is 26.3 Å². The highest BCUT2D eigenvalue weighted by molar-refractivity contribution is 8.02. The summed E-state index contributed by atoms with van der Waals surface area (Å²) in [5.74, 6) is -0.293. The lowest BCUT2D eigenvalue weighted by Gasteiger charge is -2.07. The average Bonchev–Trinajstić information content (AvgIpc) is 2.87. The van der Waals surface area contributed by atoms with Gasteiger partial charge < -0.3 is 4.74 Å². The highest BCUT2D eigenvalue weighted by Crippen LogP contribution is 2.53. The zero-order valence-electron chi connectivity index (χ0n) is 9.07. The van der Waals surface area contributed by atoms with E-state index in [1.54, 1.807) is 11.8 Å². The molecule has 1 aliphatic heterocycles. The molecule has 0 N–H and O–H groups in total. The molecule has 2 aliphatic rings. The first kappa shape index (κ1) is 10.9. The van der Waals surface area contributed by atoms with Crippen LogP contribution in [-0.2, 0) is 9.53 Å². The standard InChI is InChI=1S/C13H9ClO2S/c1-16-13(15)11-9-4-5-17-12(9)8-3-2-7(14)6-10(8)11/h2-6,12H,1H3. The second kappa shape index (κ2) is 3.93. The van der Waals surface area contributed by atoms with Crippen molar-refractivity contribution in [1.82, 2.24) is 0 Å². The van der Waals surface area contributed by atoms with Crippen LogP contribution in [0.3, 0.4) is 0 Å². The third-order valence-corrected chi connectivity index (χ3v) is 4.30. The fourth-order valence-corrected chi connectivity index (χ4v) is 3.52. The van der Waals surface area contributed by atoms with Crippen molar-refractivity contribution in [3.63, 3.8) is 0 Å². The minimum absolute atomic E-state index is 0.219. The number of methoxy groups -OCH3 is 1. The van der Waals surface area contributed by atoms with Gasteiger partial charge in [-0.05, 0) is 34.2 Å². The van der Waals surface area contributed by atoms with Crippen LogP contribution in [0.4, 0.5) is 0 Å². The molecule has 0 amide bonds. The number of benzene rings is 1. The Morgan fingerprint density at radius 1 is 1.47 bits per heavy atom. The fraction of sp³-hybridized carbons (Fsp3) is 0.154. The number of allylic oxidation sites excluding steroid dienone is 1. The number of fused-ring (bicyclic) bond motifs is 3. The van der Waals surface area contributed by atoms with Crippen LogP contribution in [0.2, 0.25) is 5.02 Å². The summed E-state index contributed by atoms with van der Waals surface area (Å²) in [7, 11) is 1.40. The summed E-state index contributed by atoms with van der Waals surface area (Å²) >= 11 is 7.70. The van der Waals surface area contributed by atoms with Gasteiger partial charge in [-0.2, -0.15) is 0 Å². The van der Waals surface area contributed by atoms with Crippen molar-refractivity contribution in [1.29, 1.82) is 0 Å². The molecule has 1 heterocycles. The summed E-state index contributed by atoms with van der Waals surface area (Å²) in [5.41, 5.74) is 3.72. The van der Waals surface area contributed by atoms with Crippen LogP contribution < -0.4 is 0 Å². The van der Waals surface area contributed by atoms with Crippen LogP contribution in [0.25, 0.3) is 5.57 Å². The van der Waals surface area contributed by atoms with Crippen molar-refractivity contribution >= 4 is 34.9 Å². The minimum Gasteiger partial charge on any atom is -0.465 e. The van der Waals surface area contributed by atoms with Crippen LogP contribution in [0.1, 0.15) is 16.4 Å². The molecule has 17 heavy (non-hydrogen) atoms. The van der Waals surface area contributed by atoms with Crippen LogP contribution in [0, 0.1) is 0 Å². The van der Waals surface area contributed by atoms with E-state index >= 15 is 0 Å². The van der Waals surface area contributed by atoms with Crippen molar-refractivity contribution in [3.8, 4) is 0 Å². The zero-order valence-corrected chi connectivity index (χ0v) is 10.6. The molecule has 2 nitrogen and oxygen atoms in total. The SMILES string of the molecule is COC(=O)C1=C2C=CSC2c2ccc(Cl)cc21. The third-order valence-electron chi connectivity index (χ3n) is 2.99. The average molecular weight is 265 g/mol. The quantitative estimate of drug-likeness (QED) is 0.725. The van der Waals surface area contributed by atoms with Crippen LogP contribution in [0.5, 0.6) is 0 Å². The molecule has 1 aliphatic carbocycles. The Morgan fingerprint density at radius 2 is 2.29 bits per heavy atom. The van der Waals surface area contributed by atoms with Gasteiger partial charge in [0.1, 0.15) is 0 Å². The largest absolute Gasteiger partial charge is 0.465 e. The van der Waals surface area contributed by atoms with Crippen molar-refractivity contribution in [2.24, 2.45) is 0 Å². The summed E-state index contributed by atoms with van der Waals surface area (Å²) in [4.78, 5) is 11.9. The number of carbonyl (C=O) groups is 1. The van der Waals surface area contributed by atoms with Crippen LogP contribution in [-0.4, -0.2) is 13.1 Å². The Morgan fingerprint density at radius 3 is 3.06 bits per heavy atom. The summed E-state index contributed by atoms with van der Waals surface area (Å²) in [6, 6.07) is 5.68. The minimum atomic E-state index is -0.293. The third kappa shape index (κ3) is 1.53. The summed E-state index contributed by atoms with van der Waals surface area (Å²) in [6.07, 6.45) is 1.98. The van der Waals surface area contributed by atoms with E-state index in [2.05, 4.69) is 0 Å². The molecule has 1 aromatic rings. The second-order valence-corrected chi connectivity index (χ2v) is 5.32. The predicted molar refractivity (Wildman–Crippen MR) is 69.9 cm³/mol. The molecule has 0 radical (unpaired) electrons. The van der Waals surface area contributed by atoms with E-state index in [9.17, 15) is 4.79 Å². The smallest absolute Gasteiger partial charge is 0.338 e. The number of rotatable bonds is 1. The predicted octanol–water partition coefficient (Wildman–Crippen LogP) is 3.58. The number of halogens is 1. The molecule has 0 spiro atoms. The van der Waals surface area contributed by atoms with Gasteiger partial charge in [-0.1, -0.05) is 23.7 Å². The Labute approximate surface area is 108 Å². The van der Waals surface area contributed by atoms with E-state index in [1.165, 1.54) is 7.11 Å². The van der Waals surface area contributed by atoms with Gasteiger partial charge in [0.05, 0.1) is 17.9 Å². The Hall–Kier alpha value is -1.19. The number of hydrogen-bond donors (Lipinski definition) is 0. The molecule has 0 saturated carbocycles. The van der Waals surface area contributed by atoms with Gasteiger partial charge in [0.15, 0.2) is 0 Å². The molecule has 0 aromatic heterocycles. The van der Waals surface area contributed by atoms with Gasteiger partial charge in [0.25, 0.3) is 0 Å². The maximum Gasteiger partial charge on any atom is 0.338 e. The molecule has 3 rings (SSSR count). The molecule has 86 valence electrons. The first-order chi connectivity index (χ1) is 8.22. The first-order valence-corrected chi connectivity index (χ1v) is 6.49. The van der Waals surface area contributed by atoms with E-state index in [1.807, 2.05) is 29.7 Å². The molecular formula is C13H9ClO2S. The van der Waals surface area contributed by atoms with Gasteiger partial charge in [-0.3, -0.25) is 0 Å².